The third-order valence-corrected chi connectivity index (χ3v) is 10.5. The molecule has 53 heavy (non-hydrogen) atoms. The summed E-state index contributed by atoms with van der Waals surface area (Å²) in [5.41, 5.74) is 11.6. The fourth-order valence-electron chi connectivity index (χ4n) is 7.51. The summed E-state index contributed by atoms with van der Waals surface area (Å²) in [5.74, 6) is 1.69. The molecule has 0 aliphatic carbocycles. The quantitative estimate of drug-likeness (QED) is 0.0870. The Labute approximate surface area is 309 Å². The maximum Gasteiger partial charge on any atom is 0.407 e. The summed E-state index contributed by atoms with van der Waals surface area (Å²) in [6.07, 6.45) is 3.00. The lowest BCUT2D eigenvalue weighted by Gasteiger charge is -2.29. The number of amides is 3. The second-order valence-corrected chi connectivity index (χ2v) is 14.8. The minimum atomic E-state index is -0.688. The molecule has 0 saturated carbocycles. The zero-order valence-corrected chi connectivity index (χ0v) is 31.5. The van der Waals surface area contributed by atoms with Crippen molar-refractivity contribution in [3.05, 3.63) is 60.2 Å². The summed E-state index contributed by atoms with van der Waals surface area (Å²) >= 11 is 0. The Balaban J connectivity index is 1.25. The van der Waals surface area contributed by atoms with Crippen molar-refractivity contribution in [3.8, 4) is 11.1 Å². The number of imidazole rings is 2. The van der Waals surface area contributed by atoms with Crippen LogP contribution in [0, 0.1) is 11.8 Å². The molecule has 0 spiro atoms. The molecule has 6 N–H and O–H groups in total. The number of nitrogens with zero attached hydrogens (tertiary/aromatic N) is 3. The standard InChI is InChI=1S/C40H52N8O5/c1-22(2)31(45-39(50)52-5)21-27(9-7-17-41)36-43-30-16-13-26-19-24(11-14-28(26)35(30)46-36)25-12-15-29-32(20-25)44-37(42-29)33-10-8-18-48(33)38(49)34(23(3)4)47-40(51)53-6/h11-16,19-20,22-23,27,31,33-34H,7-10,17-18,21,41H2,1-6H3,(H,42,44)(H,43,46)(H,45,50)(H,47,51)/t27-,31-,33+,34+/m1/s1. The van der Waals surface area contributed by atoms with Gasteiger partial charge in [0, 0.05) is 23.9 Å². The first kappa shape index (κ1) is 37.6. The van der Waals surface area contributed by atoms with E-state index < -0.39 is 18.2 Å². The van der Waals surface area contributed by atoms with Gasteiger partial charge in [-0.15, -0.1) is 0 Å². The van der Waals surface area contributed by atoms with E-state index in [2.05, 4.69) is 76.9 Å². The number of H-pyrrole nitrogens is 2. The first-order chi connectivity index (χ1) is 25.5. The van der Waals surface area contributed by atoms with Crippen LogP contribution < -0.4 is 16.4 Å². The van der Waals surface area contributed by atoms with Gasteiger partial charge >= 0.3 is 12.2 Å². The van der Waals surface area contributed by atoms with Crippen molar-refractivity contribution in [1.29, 1.82) is 0 Å². The number of hydrogen-bond acceptors (Lipinski definition) is 8. The molecule has 5 aromatic rings. The van der Waals surface area contributed by atoms with Crippen LogP contribution in [0.25, 0.3) is 44.0 Å². The zero-order valence-electron chi connectivity index (χ0n) is 31.5. The molecule has 4 atom stereocenters. The van der Waals surface area contributed by atoms with Gasteiger partial charge < -0.3 is 40.7 Å². The first-order valence-corrected chi connectivity index (χ1v) is 18.6. The molecule has 282 valence electrons. The van der Waals surface area contributed by atoms with Gasteiger partial charge in [-0.1, -0.05) is 52.0 Å². The van der Waals surface area contributed by atoms with Crippen LogP contribution >= 0.6 is 0 Å². The number of aromatic amines is 2. The lowest BCUT2D eigenvalue weighted by Crippen LogP contribution is -2.51. The maximum absolute atomic E-state index is 13.6. The fourth-order valence-corrected chi connectivity index (χ4v) is 7.51. The highest BCUT2D eigenvalue weighted by molar-refractivity contribution is 6.05. The Morgan fingerprint density at radius 1 is 0.906 bits per heavy atom. The SMILES string of the molecule is COC(=O)N[C@H](C(=O)N1CCC[C@H]1c1nc2ccc(-c3ccc4c(ccc5nc([C@H](CCCN)C[C@@H](NC(=O)OC)C(C)C)[nH]c54)c3)cc2[nH]1)C(C)C. The van der Waals surface area contributed by atoms with Crippen LogP contribution in [-0.2, 0) is 14.3 Å². The second kappa shape index (κ2) is 16.2. The molecule has 1 fully saturated rings. The number of ether oxygens (including phenoxy) is 2. The van der Waals surface area contributed by atoms with Crippen LogP contribution in [0.5, 0.6) is 0 Å². The van der Waals surface area contributed by atoms with Crippen LogP contribution in [0.3, 0.4) is 0 Å². The molecular weight excluding hydrogens is 672 g/mol. The second-order valence-electron chi connectivity index (χ2n) is 14.8. The van der Waals surface area contributed by atoms with E-state index in [4.69, 9.17) is 25.2 Å². The van der Waals surface area contributed by atoms with Crippen molar-refractivity contribution < 1.29 is 23.9 Å². The third kappa shape index (κ3) is 8.09. The van der Waals surface area contributed by atoms with Gasteiger partial charge in [0.15, 0.2) is 0 Å². The van der Waals surface area contributed by atoms with E-state index in [1.807, 2.05) is 24.8 Å². The topological polar surface area (TPSA) is 180 Å². The highest BCUT2D eigenvalue weighted by atomic mass is 16.5. The highest BCUT2D eigenvalue weighted by Gasteiger charge is 2.37. The lowest BCUT2D eigenvalue weighted by atomic mass is 9.89. The van der Waals surface area contributed by atoms with Crippen LogP contribution in [0.15, 0.2) is 48.5 Å². The number of carbonyl (C=O) groups excluding carboxylic acids is 3. The van der Waals surface area contributed by atoms with Gasteiger partial charge in [-0.05, 0) is 91.3 Å². The smallest absolute Gasteiger partial charge is 0.407 e. The Morgan fingerprint density at radius 2 is 1.62 bits per heavy atom. The number of carbonyl (C=O) groups is 3. The Kier molecular flexibility index (Phi) is 11.5. The van der Waals surface area contributed by atoms with Crippen molar-refractivity contribution in [2.75, 3.05) is 27.3 Å². The summed E-state index contributed by atoms with van der Waals surface area (Å²) < 4.78 is 9.67. The van der Waals surface area contributed by atoms with Crippen LogP contribution in [0.2, 0.25) is 0 Å². The molecule has 13 nitrogen and oxygen atoms in total. The first-order valence-electron chi connectivity index (χ1n) is 18.6. The number of methoxy groups -OCH3 is 2. The molecule has 6 rings (SSSR count). The zero-order chi connectivity index (χ0) is 37.8. The van der Waals surface area contributed by atoms with E-state index >= 15 is 0 Å². The van der Waals surface area contributed by atoms with Crippen molar-refractivity contribution in [2.24, 2.45) is 17.6 Å². The van der Waals surface area contributed by atoms with E-state index in [1.165, 1.54) is 14.2 Å². The van der Waals surface area contributed by atoms with Gasteiger partial charge in [0.2, 0.25) is 5.91 Å². The molecule has 1 saturated heterocycles. The lowest BCUT2D eigenvalue weighted by molar-refractivity contribution is -0.135. The summed E-state index contributed by atoms with van der Waals surface area (Å²) in [5, 5.41) is 7.88. The van der Waals surface area contributed by atoms with Crippen LogP contribution in [-0.4, -0.2) is 82.3 Å². The third-order valence-electron chi connectivity index (χ3n) is 10.5. The Morgan fingerprint density at radius 3 is 2.34 bits per heavy atom. The molecular formula is C40H52N8O5. The van der Waals surface area contributed by atoms with E-state index in [9.17, 15) is 14.4 Å². The van der Waals surface area contributed by atoms with Crippen LogP contribution in [0.4, 0.5) is 9.59 Å². The normalized spacial score (nSPS) is 16.4. The number of alkyl carbamates (subject to hydrolysis) is 2. The average molecular weight is 725 g/mol. The molecule has 1 aliphatic rings. The minimum absolute atomic E-state index is 0.0758. The summed E-state index contributed by atoms with van der Waals surface area (Å²) in [7, 11) is 2.68. The molecule has 2 aromatic heterocycles. The Hall–Kier alpha value is -5.17. The van der Waals surface area contributed by atoms with Gasteiger partial charge in [0.25, 0.3) is 0 Å². The van der Waals surface area contributed by atoms with Crippen molar-refractivity contribution >= 4 is 50.9 Å². The minimum Gasteiger partial charge on any atom is -0.453 e. The maximum atomic E-state index is 13.6. The van der Waals surface area contributed by atoms with Crippen LogP contribution in [0.1, 0.15) is 83.4 Å². The number of hydrogen-bond donors (Lipinski definition) is 5. The fraction of sp³-hybridized carbons (Fsp3) is 0.475. The van der Waals surface area contributed by atoms with Crippen molar-refractivity contribution in [2.45, 2.75) is 83.8 Å². The summed E-state index contributed by atoms with van der Waals surface area (Å²) in [6, 6.07) is 15.8. The summed E-state index contributed by atoms with van der Waals surface area (Å²) in [4.78, 5) is 56.6. The molecule has 0 radical (unpaired) electrons. The molecule has 0 bridgehead atoms. The van der Waals surface area contributed by atoms with Crippen molar-refractivity contribution in [1.82, 2.24) is 35.5 Å². The molecule has 13 heteroatoms. The molecule has 3 amide bonds. The van der Waals surface area contributed by atoms with E-state index in [1.54, 1.807) is 0 Å². The molecule has 1 aliphatic heterocycles. The number of nitrogens with one attached hydrogen (secondary N) is 4. The summed E-state index contributed by atoms with van der Waals surface area (Å²) in [6.45, 7) is 9.18. The molecule has 0 unspecified atom stereocenters. The Bertz CT molecular complexity index is 2090. The van der Waals surface area contributed by atoms with Gasteiger partial charge in [-0.25, -0.2) is 19.6 Å². The monoisotopic (exact) mass is 724 g/mol. The predicted octanol–water partition coefficient (Wildman–Crippen LogP) is 6.90. The van der Waals surface area contributed by atoms with Gasteiger partial charge in [0.05, 0.1) is 42.3 Å². The molecule has 3 heterocycles. The van der Waals surface area contributed by atoms with E-state index in [0.29, 0.717) is 19.5 Å². The average Bonchev–Trinajstić information content (AvgIpc) is 3.92. The van der Waals surface area contributed by atoms with Gasteiger partial charge in [-0.3, -0.25) is 4.79 Å². The highest BCUT2D eigenvalue weighted by Crippen LogP contribution is 2.35. The van der Waals surface area contributed by atoms with Crippen molar-refractivity contribution in [3.63, 3.8) is 0 Å². The number of benzene rings is 3. The predicted molar refractivity (Wildman–Crippen MR) is 206 cm³/mol. The molecule has 3 aromatic carbocycles. The number of rotatable bonds is 13. The largest absolute Gasteiger partial charge is 0.453 e. The van der Waals surface area contributed by atoms with Gasteiger partial charge in [0.1, 0.15) is 17.7 Å². The number of nitrogens with two attached hydrogens (primary N) is 1. The van der Waals surface area contributed by atoms with E-state index in [0.717, 1.165) is 81.3 Å². The van der Waals surface area contributed by atoms with E-state index in [-0.39, 0.29) is 35.7 Å². The number of fused-ring (bicyclic) bond motifs is 4. The number of aromatic nitrogens is 4. The number of likely N-dealkylation sites (tertiary alicyclic amines) is 1. The van der Waals surface area contributed by atoms with Gasteiger partial charge in [-0.2, -0.15) is 0 Å².